The third kappa shape index (κ3) is 6.40. The molecular weight excluding hydrogens is 252 g/mol. The smallest absolute Gasteiger partial charge is 0.309 e. The summed E-state index contributed by atoms with van der Waals surface area (Å²) in [6.07, 6.45) is 10.3. The van der Waals surface area contributed by atoms with Crippen LogP contribution in [0.4, 0.5) is 0 Å². The van der Waals surface area contributed by atoms with Crippen LogP contribution in [0.1, 0.15) is 71.6 Å². The van der Waals surface area contributed by atoms with E-state index in [-0.39, 0.29) is 6.04 Å². The molecule has 0 aromatic heterocycles. The fourth-order valence-corrected chi connectivity index (χ4v) is 2.78. The molecule has 1 aliphatic rings. The van der Waals surface area contributed by atoms with Gasteiger partial charge in [0.1, 0.15) is 0 Å². The zero-order valence-corrected chi connectivity index (χ0v) is 13.0. The van der Waals surface area contributed by atoms with Crippen LogP contribution >= 0.6 is 0 Å². The van der Waals surface area contributed by atoms with Crippen LogP contribution in [-0.2, 0) is 9.59 Å². The molecule has 4 nitrogen and oxygen atoms in total. The van der Waals surface area contributed by atoms with Gasteiger partial charge in [-0.25, -0.2) is 0 Å². The molecule has 1 aliphatic carbocycles. The molecule has 4 heteroatoms. The lowest BCUT2D eigenvalue weighted by Gasteiger charge is -2.29. The first-order valence-corrected chi connectivity index (χ1v) is 8.23. The monoisotopic (exact) mass is 282 g/mol. The van der Waals surface area contributed by atoms with Crippen molar-refractivity contribution in [1.82, 2.24) is 10.6 Å². The maximum atomic E-state index is 11.8. The average Bonchev–Trinajstić information content (AvgIpc) is 2.44. The number of carbonyl (C=O) groups is 2. The number of rotatable bonds is 7. The van der Waals surface area contributed by atoms with Gasteiger partial charge in [-0.05, 0) is 25.2 Å². The first-order chi connectivity index (χ1) is 9.65. The van der Waals surface area contributed by atoms with E-state index >= 15 is 0 Å². The second-order valence-corrected chi connectivity index (χ2v) is 6.01. The van der Waals surface area contributed by atoms with Gasteiger partial charge in [-0.2, -0.15) is 0 Å². The Labute approximate surface area is 123 Å². The summed E-state index contributed by atoms with van der Waals surface area (Å²) in [5.74, 6) is -0.454. The molecule has 0 aliphatic heterocycles. The summed E-state index contributed by atoms with van der Waals surface area (Å²) >= 11 is 0. The molecule has 20 heavy (non-hydrogen) atoms. The Kier molecular flexibility index (Phi) is 8.31. The number of amides is 2. The van der Waals surface area contributed by atoms with Gasteiger partial charge in [0.2, 0.25) is 0 Å². The van der Waals surface area contributed by atoms with Gasteiger partial charge in [0, 0.05) is 12.6 Å². The average molecular weight is 282 g/mol. The SMILES string of the molecule is CCCCCCCNC(=O)C(=O)N[C@@H]1CCCC[C@H]1C. The molecule has 2 amide bonds. The topological polar surface area (TPSA) is 58.2 Å². The van der Waals surface area contributed by atoms with E-state index in [0.29, 0.717) is 12.5 Å². The Hall–Kier alpha value is -1.06. The van der Waals surface area contributed by atoms with Crippen LogP contribution in [0, 0.1) is 5.92 Å². The largest absolute Gasteiger partial charge is 0.348 e. The predicted molar refractivity (Wildman–Crippen MR) is 81.3 cm³/mol. The summed E-state index contributed by atoms with van der Waals surface area (Å²) in [4.78, 5) is 23.5. The second-order valence-electron chi connectivity index (χ2n) is 6.01. The number of unbranched alkanes of at least 4 members (excludes halogenated alkanes) is 4. The van der Waals surface area contributed by atoms with E-state index in [0.717, 1.165) is 32.1 Å². The van der Waals surface area contributed by atoms with Crippen LogP contribution in [0.25, 0.3) is 0 Å². The highest BCUT2D eigenvalue weighted by Crippen LogP contribution is 2.23. The summed E-state index contributed by atoms with van der Waals surface area (Å²) in [5.41, 5.74) is 0. The fourth-order valence-electron chi connectivity index (χ4n) is 2.78. The lowest BCUT2D eigenvalue weighted by Crippen LogP contribution is -2.47. The van der Waals surface area contributed by atoms with Gasteiger partial charge >= 0.3 is 11.8 Å². The minimum absolute atomic E-state index is 0.173. The molecule has 0 saturated heterocycles. The third-order valence-electron chi connectivity index (χ3n) is 4.20. The van der Waals surface area contributed by atoms with E-state index in [4.69, 9.17) is 0 Å². The zero-order valence-electron chi connectivity index (χ0n) is 13.0. The number of carbonyl (C=O) groups excluding carboxylic acids is 2. The summed E-state index contributed by atoms with van der Waals surface area (Å²) < 4.78 is 0. The fraction of sp³-hybridized carbons (Fsp3) is 0.875. The normalized spacial score (nSPS) is 22.3. The molecule has 0 bridgehead atoms. The van der Waals surface area contributed by atoms with Crippen molar-refractivity contribution < 1.29 is 9.59 Å². The van der Waals surface area contributed by atoms with Gasteiger partial charge < -0.3 is 10.6 Å². The molecule has 2 atom stereocenters. The standard InChI is InChI=1S/C16H30N2O2/c1-3-4-5-6-9-12-17-15(19)16(20)18-14-11-8-7-10-13(14)2/h13-14H,3-12H2,1-2H3,(H,17,19)(H,18,20)/t13-,14-/m1/s1. The van der Waals surface area contributed by atoms with Gasteiger partial charge in [0.25, 0.3) is 0 Å². The van der Waals surface area contributed by atoms with Gasteiger partial charge in [-0.15, -0.1) is 0 Å². The minimum Gasteiger partial charge on any atom is -0.348 e. The van der Waals surface area contributed by atoms with Crippen LogP contribution < -0.4 is 10.6 Å². The van der Waals surface area contributed by atoms with E-state index < -0.39 is 11.8 Å². The highest BCUT2D eigenvalue weighted by molar-refractivity contribution is 6.35. The van der Waals surface area contributed by atoms with Crippen LogP contribution in [0.15, 0.2) is 0 Å². The molecule has 0 unspecified atom stereocenters. The first-order valence-electron chi connectivity index (χ1n) is 8.23. The summed E-state index contributed by atoms with van der Waals surface area (Å²) in [6.45, 7) is 4.93. The molecule has 1 fully saturated rings. The maximum Gasteiger partial charge on any atom is 0.309 e. The summed E-state index contributed by atoms with van der Waals surface area (Å²) in [7, 11) is 0. The molecule has 0 heterocycles. The molecule has 0 aromatic carbocycles. The molecular formula is C16H30N2O2. The van der Waals surface area contributed by atoms with E-state index in [1.807, 2.05) is 0 Å². The van der Waals surface area contributed by atoms with Crippen molar-refractivity contribution in [2.45, 2.75) is 77.7 Å². The third-order valence-corrected chi connectivity index (χ3v) is 4.20. The Morgan fingerprint density at radius 1 is 1.00 bits per heavy atom. The van der Waals surface area contributed by atoms with Crippen molar-refractivity contribution in [1.29, 1.82) is 0 Å². The zero-order chi connectivity index (χ0) is 14.8. The van der Waals surface area contributed by atoms with Gasteiger partial charge in [-0.3, -0.25) is 9.59 Å². The van der Waals surface area contributed by atoms with Crippen molar-refractivity contribution in [3.05, 3.63) is 0 Å². The molecule has 0 spiro atoms. The predicted octanol–water partition coefficient (Wildman–Crippen LogP) is 2.77. The Bertz CT molecular complexity index is 305. The molecule has 1 saturated carbocycles. The highest BCUT2D eigenvalue weighted by atomic mass is 16.2. The van der Waals surface area contributed by atoms with Gasteiger partial charge in [0.15, 0.2) is 0 Å². The summed E-state index contributed by atoms with van der Waals surface area (Å²) in [5, 5.41) is 5.59. The van der Waals surface area contributed by atoms with Crippen LogP contribution in [0.2, 0.25) is 0 Å². The van der Waals surface area contributed by atoms with Crippen molar-refractivity contribution in [3.8, 4) is 0 Å². The van der Waals surface area contributed by atoms with Crippen molar-refractivity contribution in [2.75, 3.05) is 6.54 Å². The van der Waals surface area contributed by atoms with Crippen LogP contribution in [0.5, 0.6) is 0 Å². The second kappa shape index (κ2) is 9.78. The van der Waals surface area contributed by atoms with E-state index in [2.05, 4.69) is 24.5 Å². The Morgan fingerprint density at radius 3 is 2.40 bits per heavy atom. The molecule has 116 valence electrons. The quantitative estimate of drug-likeness (QED) is 0.557. The number of hydrogen-bond acceptors (Lipinski definition) is 2. The van der Waals surface area contributed by atoms with E-state index in [1.165, 1.54) is 25.7 Å². The van der Waals surface area contributed by atoms with Gasteiger partial charge in [-0.1, -0.05) is 52.4 Å². The van der Waals surface area contributed by atoms with E-state index in [9.17, 15) is 9.59 Å². The first kappa shape index (κ1) is 17.0. The molecule has 0 aromatic rings. The van der Waals surface area contributed by atoms with Crippen molar-refractivity contribution >= 4 is 11.8 Å². The van der Waals surface area contributed by atoms with Gasteiger partial charge in [0.05, 0.1) is 0 Å². The van der Waals surface area contributed by atoms with E-state index in [1.54, 1.807) is 0 Å². The number of hydrogen-bond donors (Lipinski definition) is 2. The maximum absolute atomic E-state index is 11.8. The number of nitrogens with one attached hydrogen (secondary N) is 2. The van der Waals surface area contributed by atoms with Crippen LogP contribution in [-0.4, -0.2) is 24.4 Å². The molecule has 0 radical (unpaired) electrons. The lowest BCUT2D eigenvalue weighted by atomic mass is 9.86. The molecule has 2 N–H and O–H groups in total. The van der Waals surface area contributed by atoms with Crippen molar-refractivity contribution in [2.24, 2.45) is 5.92 Å². The molecule has 1 rings (SSSR count). The Morgan fingerprint density at radius 2 is 1.70 bits per heavy atom. The minimum atomic E-state index is -0.474. The van der Waals surface area contributed by atoms with Crippen LogP contribution in [0.3, 0.4) is 0 Å². The lowest BCUT2D eigenvalue weighted by molar-refractivity contribution is -0.140. The highest BCUT2D eigenvalue weighted by Gasteiger charge is 2.25. The Balaban J connectivity index is 2.14. The summed E-state index contributed by atoms with van der Waals surface area (Å²) in [6, 6.07) is 0.173. The van der Waals surface area contributed by atoms with Crippen molar-refractivity contribution in [3.63, 3.8) is 0 Å².